The van der Waals surface area contributed by atoms with Crippen LogP contribution in [0.15, 0.2) is 95.7 Å². The minimum Gasteiger partial charge on any atom is -0.354 e. The number of para-hydroxylation sites is 2. The minimum absolute atomic E-state index is 0.0332. The molecule has 220 valence electrons. The van der Waals surface area contributed by atoms with E-state index in [9.17, 15) is 4.79 Å². The Morgan fingerprint density at radius 2 is 0.909 bits per heavy atom. The van der Waals surface area contributed by atoms with E-state index in [1.807, 2.05) is 97.4 Å². The summed E-state index contributed by atoms with van der Waals surface area (Å²) in [6.07, 6.45) is 0. The van der Waals surface area contributed by atoms with E-state index in [1.54, 1.807) is 22.7 Å². The molecule has 0 aliphatic rings. The van der Waals surface area contributed by atoms with Gasteiger partial charge < -0.3 is 10.6 Å². The lowest BCUT2D eigenvalue weighted by Gasteiger charge is -2.15. The second kappa shape index (κ2) is 12.6. The van der Waals surface area contributed by atoms with Gasteiger partial charge in [-0.25, -0.2) is 0 Å². The molecule has 4 aromatic carbocycles. The molecule has 44 heavy (non-hydrogen) atoms. The molecule has 2 N–H and O–H groups in total. The summed E-state index contributed by atoms with van der Waals surface area (Å²) < 4.78 is 0. The molecule has 6 rings (SSSR count). The number of hydrogen-bond acceptors (Lipinski definition) is 5. The predicted octanol–water partition coefficient (Wildman–Crippen LogP) is 12.4. The van der Waals surface area contributed by atoms with Crippen LogP contribution in [0.25, 0.3) is 22.3 Å². The van der Waals surface area contributed by atoms with E-state index >= 15 is 0 Å². The molecule has 0 spiro atoms. The molecule has 0 radical (unpaired) electrons. The topological polar surface area (TPSA) is 41.1 Å². The molecule has 7 heteroatoms. The van der Waals surface area contributed by atoms with E-state index < -0.39 is 0 Å². The van der Waals surface area contributed by atoms with Gasteiger partial charge in [-0.2, -0.15) is 0 Å². The average Bonchev–Trinajstić information content (AvgIpc) is 3.59. The molecule has 0 amide bonds. The zero-order valence-corrected chi connectivity index (χ0v) is 27.9. The van der Waals surface area contributed by atoms with Crippen LogP contribution >= 0.6 is 45.9 Å². The van der Waals surface area contributed by atoms with Crippen LogP contribution in [0.1, 0.15) is 36.8 Å². The molecule has 0 bridgehead atoms. The Hall–Kier alpha value is -3.87. The molecular formula is C37H30Cl2N2OS2. The van der Waals surface area contributed by atoms with Crippen molar-refractivity contribution in [2.75, 3.05) is 10.6 Å². The summed E-state index contributed by atoms with van der Waals surface area (Å²) in [5.41, 5.74) is 10.4. The molecule has 0 atom stereocenters. The maximum atomic E-state index is 14.6. The molecule has 0 aliphatic heterocycles. The van der Waals surface area contributed by atoms with E-state index in [-0.39, 0.29) is 5.78 Å². The number of aryl methyl sites for hydroxylation is 4. The first-order valence-corrected chi connectivity index (χ1v) is 16.7. The highest BCUT2D eigenvalue weighted by Crippen LogP contribution is 2.44. The van der Waals surface area contributed by atoms with Gasteiger partial charge in [0.05, 0.1) is 21.4 Å². The number of hydrogen-bond donors (Lipinski definition) is 2. The average molecular weight is 654 g/mol. The van der Waals surface area contributed by atoms with Crippen molar-refractivity contribution in [2.45, 2.75) is 27.7 Å². The number of nitrogens with one attached hydrogen (secondary N) is 2. The Bertz CT molecular complexity index is 1880. The van der Waals surface area contributed by atoms with E-state index in [2.05, 4.69) is 36.6 Å². The summed E-state index contributed by atoms with van der Waals surface area (Å²) in [5, 5.41) is 12.2. The lowest BCUT2D eigenvalue weighted by atomic mass is 9.92. The van der Waals surface area contributed by atoms with Crippen molar-refractivity contribution >= 4 is 74.4 Å². The molecule has 0 aliphatic carbocycles. The van der Waals surface area contributed by atoms with Gasteiger partial charge in [0, 0.05) is 54.5 Å². The van der Waals surface area contributed by atoms with Gasteiger partial charge in [0.2, 0.25) is 0 Å². The molecule has 0 unspecified atom stereocenters. The SMILES string of the molecule is Cc1ccccc1Nc1cccc(-c2csc(C)c2C(=O)c2c(-c3cccc(Nc4ccccc4C)c3Cl)csc2C)c1Cl. The maximum Gasteiger partial charge on any atom is 0.196 e. The molecule has 2 heterocycles. The van der Waals surface area contributed by atoms with Crippen LogP contribution in [0.2, 0.25) is 10.0 Å². The van der Waals surface area contributed by atoms with Gasteiger partial charge in [0.25, 0.3) is 0 Å². The van der Waals surface area contributed by atoms with Crippen molar-refractivity contribution in [3.05, 3.63) is 138 Å². The van der Waals surface area contributed by atoms with Crippen LogP contribution in [0.4, 0.5) is 22.7 Å². The van der Waals surface area contributed by atoms with Gasteiger partial charge in [-0.05, 0) is 73.8 Å². The third kappa shape index (κ3) is 5.69. The van der Waals surface area contributed by atoms with Gasteiger partial charge in [0.1, 0.15) is 0 Å². The maximum absolute atomic E-state index is 14.6. The molecule has 2 aromatic heterocycles. The first kappa shape index (κ1) is 30.2. The van der Waals surface area contributed by atoms with Crippen molar-refractivity contribution < 1.29 is 4.79 Å². The summed E-state index contributed by atoms with van der Waals surface area (Å²) in [6.45, 7) is 8.10. The van der Waals surface area contributed by atoms with Gasteiger partial charge >= 0.3 is 0 Å². The fourth-order valence-corrected chi connectivity index (χ4v) is 7.65. The molecule has 0 saturated heterocycles. The van der Waals surface area contributed by atoms with Gasteiger partial charge in [-0.15, -0.1) is 22.7 Å². The fourth-order valence-electron chi connectivity index (χ4n) is 5.38. The quantitative estimate of drug-likeness (QED) is 0.161. The Labute approximate surface area is 276 Å². The number of thiophene rings is 2. The minimum atomic E-state index is -0.0332. The fraction of sp³-hybridized carbons (Fsp3) is 0.108. The number of anilines is 4. The largest absolute Gasteiger partial charge is 0.354 e. The standard InChI is InChI=1S/C37H30Cl2N2OS2/c1-21-11-5-7-15-29(21)40-31-17-9-13-25(35(31)38)27-19-43-23(3)33(27)37(42)34-24(4)44-20-28(34)26-14-10-18-32(36(26)39)41-30-16-8-6-12-22(30)2/h5-20,40-41H,1-4H3. The van der Waals surface area contributed by atoms with Crippen molar-refractivity contribution in [1.82, 2.24) is 0 Å². The van der Waals surface area contributed by atoms with Crippen LogP contribution in [0.5, 0.6) is 0 Å². The normalized spacial score (nSPS) is 11.0. The van der Waals surface area contributed by atoms with Crippen LogP contribution in [0.3, 0.4) is 0 Å². The second-order valence-corrected chi connectivity index (χ2v) is 13.6. The van der Waals surface area contributed by atoms with Gasteiger partial charge in [-0.1, -0.05) is 83.9 Å². The lowest BCUT2D eigenvalue weighted by molar-refractivity contribution is 0.104. The molecule has 0 saturated carbocycles. The monoisotopic (exact) mass is 652 g/mol. The highest BCUT2D eigenvalue weighted by atomic mass is 35.5. The summed E-state index contributed by atoms with van der Waals surface area (Å²) in [6, 6.07) is 28.0. The number of rotatable bonds is 8. The number of benzene rings is 4. The Morgan fingerprint density at radius 1 is 0.523 bits per heavy atom. The third-order valence-corrected chi connectivity index (χ3v) is 10.4. The van der Waals surface area contributed by atoms with Gasteiger partial charge in [-0.3, -0.25) is 4.79 Å². The van der Waals surface area contributed by atoms with Crippen LogP contribution < -0.4 is 10.6 Å². The Balaban J connectivity index is 1.40. The molecular weight excluding hydrogens is 623 g/mol. The van der Waals surface area contributed by atoms with Gasteiger partial charge in [0.15, 0.2) is 5.78 Å². The Morgan fingerprint density at radius 3 is 1.32 bits per heavy atom. The summed E-state index contributed by atoms with van der Waals surface area (Å²) in [7, 11) is 0. The number of halogens is 2. The predicted molar refractivity (Wildman–Crippen MR) is 191 cm³/mol. The van der Waals surface area contributed by atoms with Crippen LogP contribution in [-0.4, -0.2) is 5.78 Å². The molecule has 6 aromatic rings. The van der Waals surface area contributed by atoms with Crippen LogP contribution in [-0.2, 0) is 0 Å². The summed E-state index contributed by atoms with van der Waals surface area (Å²) >= 11 is 17.2. The van der Waals surface area contributed by atoms with E-state index in [0.29, 0.717) is 21.2 Å². The van der Waals surface area contributed by atoms with E-state index in [1.165, 1.54) is 0 Å². The number of carbonyl (C=O) groups is 1. The third-order valence-electron chi connectivity index (χ3n) is 7.81. The van der Waals surface area contributed by atoms with Crippen molar-refractivity contribution in [3.8, 4) is 22.3 Å². The Kier molecular flexibility index (Phi) is 8.66. The molecule has 3 nitrogen and oxygen atoms in total. The first-order valence-electron chi connectivity index (χ1n) is 14.2. The lowest BCUT2D eigenvalue weighted by Crippen LogP contribution is -2.06. The summed E-state index contributed by atoms with van der Waals surface area (Å²) in [4.78, 5) is 16.4. The summed E-state index contributed by atoms with van der Waals surface area (Å²) in [5.74, 6) is -0.0332. The zero-order valence-electron chi connectivity index (χ0n) is 24.7. The van der Waals surface area contributed by atoms with Crippen LogP contribution in [0, 0.1) is 27.7 Å². The van der Waals surface area contributed by atoms with Crippen molar-refractivity contribution in [2.24, 2.45) is 0 Å². The number of ketones is 1. The smallest absolute Gasteiger partial charge is 0.196 e. The zero-order chi connectivity index (χ0) is 31.0. The van der Waals surface area contributed by atoms with E-state index in [4.69, 9.17) is 23.2 Å². The van der Waals surface area contributed by atoms with Crippen molar-refractivity contribution in [3.63, 3.8) is 0 Å². The highest BCUT2D eigenvalue weighted by molar-refractivity contribution is 7.11. The second-order valence-electron chi connectivity index (χ2n) is 10.7. The molecule has 0 fully saturated rings. The number of carbonyl (C=O) groups excluding carboxylic acids is 1. The first-order chi connectivity index (χ1) is 21.2. The van der Waals surface area contributed by atoms with Crippen molar-refractivity contribution in [1.29, 1.82) is 0 Å². The van der Waals surface area contributed by atoms with E-state index in [0.717, 1.165) is 65.9 Å². The highest BCUT2D eigenvalue weighted by Gasteiger charge is 2.27.